The van der Waals surface area contributed by atoms with Crippen molar-refractivity contribution in [1.82, 2.24) is 20.1 Å². The van der Waals surface area contributed by atoms with E-state index in [2.05, 4.69) is 21.6 Å². The number of alkyl halides is 1. The van der Waals surface area contributed by atoms with E-state index in [-0.39, 0.29) is 11.6 Å². The molecule has 1 aromatic heterocycles. The van der Waals surface area contributed by atoms with E-state index in [1.165, 1.54) is 29.5 Å². The Hall–Kier alpha value is -2.91. The molecule has 0 saturated heterocycles. The largest absolute Gasteiger partial charge is 0.345 e. The predicted octanol–water partition coefficient (Wildman–Crippen LogP) is 4.58. The number of nitrogens with one attached hydrogen (secondary N) is 1. The minimum atomic E-state index is -0.687. The molecule has 2 unspecified atom stereocenters. The summed E-state index contributed by atoms with van der Waals surface area (Å²) in [5, 5.41) is 22.4. The lowest BCUT2D eigenvalue weighted by Crippen LogP contribution is -2.33. The number of hydrogen-bond donors (Lipinski definition) is 1. The number of benzene rings is 2. The molecule has 162 valence electrons. The van der Waals surface area contributed by atoms with Gasteiger partial charge < -0.3 is 5.32 Å². The SMILES string of the molecule is Cc1cccc(CSc2nnc(C(C)NC(=O)C(C)Cl)n2-c2ccc([N+](=O)[O-])cc2)c1. The first-order valence-electron chi connectivity index (χ1n) is 9.59. The van der Waals surface area contributed by atoms with Crippen molar-refractivity contribution in [1.29, 1.82) is 0 Å². The summed E-state index contributed by atoms with van der Waals surface area (Å²) in [5.74, 6) is 0.860. The van der Waals surface area contributed by atoms with Gasteiger partial charge in [0.2, 0.25) is 5.91 Å². The van der Waals surface area contributed by atoms with Crippen LogP contribution in [0.5, 0.6) is 0 Å². The third-order valence-corrected chi connectivity index (χ3v) is 5.73. The number of hydrogen-bond acceptors (Lipinski definition) is 6. The number of carbonyl (C=O) groups is 1. The fourth-order valence-corrected chi connectivity index (χ4v) is 3.93. The molecular weight excluding hydrogens is 438 g/mol. The van der Waals surface area contributed by atoms with Gasteiger partial charge >= 0.3 is 0 Å². The molecule has 0 aliphatic rings. The third kappa shape index (κ3) is 5.62. The Labute approximate surface area is 189 Å². The summed E-state index contributed by atoms with van der Waals surface area (Å²) in [5.41, 5.74) is 2.96. The van der Waals surface area contributed by atoms with Crippen LogP contribution in [0.4, 0.5) is 5.69 Å². The Morgan fingerprint density at radius 2 is 1.94 bits per heavy atom. The summed E-state index contributed by atoms with van der Waals surface area (Å²) in [4.78, 5) is 22.6. The van der Waals surface area contributed by atoms with Crippen LogP contribution in [-0.4, -0.2) is 31.0 Å². The Balaban J connectivity index is 1.95. The smallest absolute Gasteiger partial charge is 0.269 e. The van der Waals surface area contributed by atoms with Crippen molar-refractivity contribution in [3.05, 3.63) is 75.6 Å². The number of nitro benzene ring substituents is 1. The fraction of sp³-hybridized carbons (Fsp3) is 0.286. The van der Waals surface area contributed by atoms with Crippen molar-refractivity contribution >= 4 is 35.0 Å². The van der Waals surface area contributed by atoms with E-state index in [1.807, 2.05) is 25.1 Å². The van der Waals surface area contributed by atoms with E-state index >= 15 is 0 Å². The zero-order valence-electron chi connectivity index (χ0n) is 17.3. The Bertz CT molecular complexity index is 1080. The maximum Gasteiger partial charge on any atom is 0.269 e. The second kappa shape index (κ2) is 9.93. The minimum absolute atomic E-state index is 0.00958. The lowest BCUT2D eigenvalue weighted by Gasteiger charge is -2.17. The van der Waals surface area contributed by atoms with Crippen LogP contribution in [0, 0.1) is 17.0 Å². The molecule has 0 bridgehead atoms. The van der Waals surface area contributed by atoms with Crippen molar-refractivity contribution in [2.24, 2.45) is 0 Å². The van der Waals surface area contributed by atoms with Crippen LogP contribution in [0.3, 0.4) is 0 Å². The van der Waals surface area contributed by atoms with Crippen molar-refractivity contribution < 1.29 is 9.72 Å². The molecule has 3 rings (SSSR count). The van der Waals surface area contributed by atoms with Gasteiger partial charge in [-0.05, 0) is 38.5 Å². The molecule has 0 aliphatic heterocycles. The molecule has 1 N–H and O–H groups in total. The molecule has 31 heavy (non-hydrogen) atoms. The second-order valence-corrected chi connectivity index (χ2v) is 8.67. The average molecular weight is 460 g/mol. The maximum absolute atomic E-state index is 12.1. The van der Waals surface area contributed by atoms with Gasteiger partial charge in [0, 0.05) is 23.6 Å². The number of carbonyl (C=O) groups excluding carboxylic acids is 1. The van der Waals surface area contributed by atoms with Crippen molar-refractivity contribution in [2.75, 3.05) is 0 Å². The third-order valence-electron chi connectivity index (χ3n) is 4.53. The lowest BCUT2D eigenvalue weighted by atomic mass is 10.2. The summed E-state index contributed by atoms with van der Waals surface area (Å²) in [6, 6.07) is 13.8. The topological polar surface area (TPSA) is 103 Å². The van der Waals surface area contributed by atoms with E-state index in [0.717, 1.165) is 5.56 Å². The number of aromatic nitrogens is 3. The van der Waals surface area contributed by atoms with Gasteiger partial charge in [0.25, 0.3) is 5.69 Å². The predicted molar refractivity (Wildman–Crippen MR) is 121 cm³/mol. The van der Waals surface area contributed by atoms with Crippen LogP contribution in [0.25, 0.3) is 5.69 Å². The quantitative estimate of drug-likeness (QED) is 0.229. The molecule has 0 fully saturated rings. The van der Waals surface area contributed by atoms with E-state index in [9.17, 15) is 14.9 Å². The number of amides is 1. The molecule has 1 heterocycles. The summed E-state index contributed by atoms with van der Waals surface area (Å²) < 4.78 is 1.80. The minimum Gasteiger partial charge on any atom is -0.345 e. The molecule has 0 spiro atoms. The lowest BCUT2D eigenvalue weighted by molar-refractivity contribution is -0.384. The highest BCUT2D eigenvalue weighted by atomic mass is 35.5. The molecule has 3 aromatic rings. The van der Waals surface area contributed by atoms with E-state index < -0.39 is 16.3 Å². The zero-order chi connectivity index (χ0) is 22.5. The Morgan fingerprint density at radius 1 is 1.23 bits per heavy atom. The first kappa shape index (κ1) is 22.8. The van der Waals surface area contributed by atoms with E-state index in [0.29, 0.717) is 22.4 Å². The van der Waals surface area contributed by atoms with Gasteiger partial charge in [-0.25, -0.2) is 0 Å². The maximum atomic E-state index is 12.1. The van der Waals surface area contributed by atoms with Crippen LogP contribution >= 0.6 is 23.4 Å². The van der Waals surface area contributed by atoms with Crippen LogP contribution < -0.4 is 5.32 Å². The molecule has 0 aliphatic carbocycles. The van der Waals surface area contributed by atoms with Gasteiger partial charge in [0.05, 0.1) is 11.0 Å². The average Bonchev–Trinajstić information content (AvgIpc) is 3.16. The molecule has 2 atom stereocenters. The van der Waals surface area contributed by atoms with Crippen LogP contribution in [-0.2, 0) is 10.5 Å². The number of nitrogens with zero attached hydrogens (tertiary/aromatic N) is 4. The van der Waals surface area contributed by atoms with Crippen molar-refractivity contribution in [3.8, 4) is 5.69 Å². The van der Waals surface area contributed by atoms with Gasteiger partial charge in [0.15, 0.2) is 11.0 Å². The van der Waals surface area contributed by atoms with Gasteiger partial charge in [0.1, 0.15) is 5.38 Å². The zero-order valence-corrected chi connectivity index (χ0v) is 18.9. The summed E-state index contributed by atoms with van der Waals surface area (Å²) >= 11 is 7.37. The summed E-state index contributed by atoms with van der Waals surface area (Å²) in [7, 11) is 0. The molecule has 1 amide bonds. The van der Waals surface area contributed by atoms with Gasteiger partial charge in [-0.3, -0.25) is 19.5 Å². The van der Waals surface area contributed by atoms with Gasteiger partial charge in [-0.1, -0.05) is 41.6 Å². The van der Waals surface area contributed by atoms with Crippen molar-refractivity contribution in [3.63, 3.8) is 0 Å². The molecule has 0 saturated carbocycles. The first-order chi connectivity index (χ1) is 14.8. The highest BCUT2D eigenvalue weighted by molar-refractivity contribution is 7.98. The fourth-order valence-electron chi connectivity index (χ4n) is 2.96. The number of non-ortho nitro benzene ring substituents is 1. The highest BCUT2D eigenvalue weighted by Gasteiger charge is 2.23. The molecule has 0 radical (unpaired) electrons. The Morgan fingerprint density at radius 3 is 2.55 bits per heavy atom. The van der Waals surface area contributed by atoms with Crippen LogP contribution in [0.15, 0.2) is 53.7 Å². The van der Waals surface area contributed by atoms with E-state index in [1.54, 1.807) is 30.5 Å². The molecule has 2 aromatic carbocycles. The highest BCUT2D eigenvalue weighted by Crippen LogP contribution is 2.28. The number of halogens is 1. The van der Waals surface area contributed by atoms with E-state index in [4.69, 9.17) is 11.6 Å². The normalized spacial score (nSPS) is 12.9. The summed E-state index contributed by atoms with van der Waals surface area (Å²) in [6.07, 6.45) is 0. The number of aryl methyl sites for hydroxylation is 1. The van der Waals surface area contributed by atoms with Crippen LogP contribution in [0.1, 0.15) is 36.8 Å². The number of rotatable bonds is 8. The molecular formula is C21H22ClN5O3S. The summed E-state index contributed by atoms with van der Waals surface area (Å²) in [6.45, 7) is 5.42. The number of nitro groups is 1. The Kier molecular flexibility index (Phi) is 7.29. The first-order valence-corrected chi connectivity index (χ1v) is 11.0. The standard InChI is InChI=1S/C21H22ClN5O3S/c1-13-5-4-6-16(11-13)12-31-21-25-24-19(15(3)23-20(28)14(2)22)26(21)17-7-9-18(10-8-17)27(29)30/h4-11,14-15H,12H2,1-3H3,(H,23,28). The second-order valence-electron chi connectivity index (χ2n) is 7.07. The van der Waals surface area contributed by atoms with Crippen LogP contribution in [0.2, 0.25) is 0 Å². The van der Waals surface area contributed by atoms with Gasteiger partial charge in [-0.2, -0.15) is 0 Å². The van der Waals surface area contributed by atoms with Gasteiger partial charge in [-0.15, -0.1) is 21.8 Å². The molecule has 10 heteroatoms. The molecule has 8 nitrogen and oxygen atoms in total. The monoisotopic (exact) mass is 459 g/mol. The van der Waals surface area contributed by atoms with Crippen molar-refractivity contribution in [2.45, 2.75) is 43.1 Å². The number of thioether (sulfide) groups is 1.